The minimum atomic E-state index is -0.787. The molecule has 0 spiro atoms. The molecule has 1 aromatic heterocycles. The SMILES string of the molecule is [C-]#[N+]C[C@H]1CN(c2nc(OC[C@@H]3CCCN3CC(O)CO)nc3c2CCN(c2cccc4cccc([131I])c24)C3)CCN1C(=O)C=C. The number of benzene rings is 2. The molecule has 3 aromatic rings. The van der Waals surface area contributed by atoms with Gasteiger partial charge < -0.3 is 34.5 Å². The summed E-state index contributed by atoms with van der Waals surface area (Å²) in [6, 6.07) is 12.9. The molecule has 0 bridgehead atoms. The van der Waals surface area contributed by atoms with E-state index in [1.807, 2.05) is 0 Å². The van der Waals surface area contributed by atoms with Gasteiger partial charge in [0.2, 0.25) is 12.5 Å². The van der Waals surface area contributed by atoms with Gasteiger partial charge in [0, 0.05) is 59.0 Å². The van der Waals surface area contributed by atoms with E-state index in [0.29, 0.717) is 45.3 Å². The third-order valence-corrected chi connectivity index (χ3v) is 10.2. The van der Waals surface area contributed by atoms with E-state index in [1.54, 1.807) is 4.90 Å². The number of piperazine rings is 1. The van der Waals surface area contributed by atoms with Gasteiger partial charge in [-0.05, 0) is 72.0 Å². The normalized spacial score (nSPS) is 20.8. The molecule has 11 nitrogen and oxygen atoms in total. The van der Waals surface area contributed by atoms with Crippen LogP contribution in [0, 0.1) is 10.1 Å². The van der Waals surface area contributed by atoms with E-state index < -0.39 is 6.10 Å². The lowest BCUT2D eigenvalue weighted by Crippen LogP contribution is -2.56. The van der Waals surface area contributed by atoms with Crippen LogP contribution in [0.5, 0.6) is 6.01 Å². The average Bonchev–Trinajstić information content (AvgIpc) is 3.52. The molecule has 0 aliphatic carbocycles. The Morgan fingerprint density at radius 3 is 2.76 bits per heavy atom. The topological polar surface area (TPSA) is 110 Å². The lowest BCUT2D eigenvalue weighted by atomic mass is 10.0. The highest BCUT2D eigenvalue weighted by Gasteiger charge is 2.35. The summed E-state index contributed by atoms with van der Waals surface area (Å²) in [7, 11) is 0. The number of aromatic nitrogens is 2. The van der Waals surface area contributed by atoms with Gasteiger partial charge in [-0.2, -0.15) is 9.97 Å². The molecule has 2 aromatic carbocycles. The average molecular weight is 742 g/mol. The zero-order valence-corrected chi connectivity index (χ0v) is 28.0. The number of hydrogen-bond donors (Lipinski definition) is 2. The lowest BCUT2D eigenvalue weighted by Gasteiger charge is -2.41. The van der Waals surface area contributed by atoms with Crippen molar-refractivity contribution in [2.45, 2.75) is 44.0 Å². The fourth-order valence-electron chi connectivity index (χ4n) is 7.00. The summed E-state index contributed by atoms with van der Waals surface area (Å²) >= 11 is 2.41. The molecule has 3 aliphatic heterocycles. The minimum Gasteiger partial charge on any atom is -0.462 e. The molecule has 0 radical (unpaired) electrons. The van der Waals surface area contributed by atoms with Crippen LogP contribution < -0.4 is 14.5 Å². The Labute approximate surface area is 283 Å². The third-order valence-electron chi connectivity index (χ3n) is 9.30. The number of carbonyl (C=O) groups excluding carboxylic acids is 1. The number of carbonyl (C=O) groups is 1. The molecular formula is C34H40IN7O4. The summed E-state index contributed by atoms with van der Waals surface area (Å²) < 4.78 is 7.54. The van der Waals surface area contributed by atoms with Crippen LogP contribution in [0.4, 0.5) is 11.5 Å². The number of aliphatic hydroxyl groups excluding tert-OH is 2. The van der Waals surface area contributed by atoms with Crippen LogP contribution in [0.3, 0.4) is 0 Å². The Kier molecular flexibility index (Phi) is 10.2. The second kappa shape index (κ2) is 14.5. The molecule has 242 valence electrons. The number of ether oxygens (including phenoxy) is 1. The van der Waals surface area contributed by atoms with Crippen LogP contribution in [-0.4, -0.2) is 113 Å². The van der Waals surface area contributed by atoms with Gasteiger partial charge in [-0.1, -0.05) is 30.8 Å². The van der Waals surface area contributed by atoms with E-state index in [1.165, 1.54) is 26.1 Å². The first-order valence-electron chi connectivity index (χ1n) is 15.9. The van der Waals surface area contributed by atoms with Gasteiger partial charge in [-0.3, -0.25) is 9.69 Å². The van der Waals surface area contributed by atoms with E-state index in [9.17, 15) is 15.0 Å². The monoisotopic (exact) mass is 741 g/mol. The Morgan fingerprint density at radius 2 is 1.98 bits per heavy atom. The Morgan fingerprint density at radius 1 is 1.15 bits per heavy atom. The van der Waals surface area contributed by atoms with Gasteiger partial charge in [0.25, 0.3) is 0 Å². The van der Waals surface area contributed by atoms with Crippen molar-refractivity contribution in [1.82, 2.24) is 19.8 Å². The summed E-state index contributed by atoms with van der Waals surface area (Å²) in [4.78, 5) is 34.7. The number of likely N-dealkylation sites (tertiary alicyclic amines) is 1. The minimum absolute atomic E-state index is 0.0926. The molecule has 12 heteroatoms. The second-order valence-electron chi connectivity index (χ2n) is 12.2. The molecule has 4 heterocycles. The molecule has 1 amide bonds. The number of rotatable bonds is 10. The fourth-order valence-corrected chi connectivity index (χ4v) is 7.80. The van der Waals surface area contributed by atoms with Crippen molar-refractivity contribution in [3.63, 3.8) is 0 Å². The lowest BCUT2D eigenvalue weighted by molar-refractivity contribution is -0.128. The van der Waals surface area contributed by atoms with Crippen molar-refractivity contribution in [1.29, 1.82) is 0 Å². The summed E-state index contributed by atoms with van der Waals surface area (Å²) in [5.41, 5.74) is 3.17. The summed E-state index contributed by atoms with van der Waals surface area (Å²) in [6.07, 6.45) is 3.21. The zero-order chi connectivity index (χ0) is 32.2. The number of fused-ring (bicyclic) bond motifs is 2. The van der Waals surface area contributed by atoms with Gasteiger partial charge in [0.1, 0.15) is 18.5 Å². The quantitative estimate of drug-likeness (QED) is 0.184. The number of amides is 1. The van der Waals surface area contributed by atoms with Gasteiger partial charge >= 0.3 is 6.01 Å². The molecular weight excluding hydrogens is 701 g/mol. The molecule has 2 saturated heterocycles. The molecule has 1 unspecified atom stereocenters. The Balaban J connectivity index is 1.31. The molecule has 2 fully saturated rings. The standard InChI is InChI=1S/C34H40IN7O4/c1-3-31(45)42-16-15-41(18-25(42)17-36-2)33-27-12-14-40(30-11-5-8-23-7-4-10-28(35)32(23)30)20-29(27)37-34(38-33)46-22-24-9-6-13-39(24)19-26(44)21-43/h3-5,7-8,10-11,24-26,43-44H,1,6,9,12-22H2/t24-,25-,26?/m0/s1/i35+4. The number of β-amino-alcohol motifs (C(OH)–C–C–N with tert-alkyl or cyclic N) is 1. The molecule has 0 saturated carbocycles. The smallest absolute Gasteiger partial charge is 0.318 e. The fraction of sp³-hybridized carbons (Fsp3) is 0.471. The predicted octanol–water partition coefficient (Wildman–Crippen LogP) is 3.12. The summed E-state index contributed by atoms with van der Waals surface area (Å²) in [5, 5.41) is 21.8. The largest absolute Gasteiger partial charge is 0.462 e. The van der Waals surface area contributed by atoms with Gasteiger partial charge in [-0.25, -0.2) is 6.57 Å². The van der Waals surface area contributed by atoms with Gasteiger partial charge in [0.15, 0.2) is 0 Å². The van der Waals surface area contributed by atoms with Crippen LogP contribution in [0.15, 0.2) is 49.1 Å². The molecule has 3 aliphatic rings. The number of hydrogen-bond acceptors (Lipinski definition) is 9. The van der Waals surface area contributed by atoms with Gasteiger partial charge in [-0.15, -0.1) is 0 Å². The summed E-state index contributed by atoms with van der Waals surface area (Å²) in [6.45, 7) is 15.7. The number of halogens is 1. The number of anilines is 2. The van der Waals surface area contributed by atoms with Crippen LogP contribution >= 0.6 is 22.6 Å². The highest BCUT2D eigenvalue weighted by atomic mass is 131. The van der Waals surface area contributed by atoms with E-state index in [2.05, 4.69) is 85.1 Å². The van der Waals surface area contributed by atoms with E-state index in [4.69, 9.17) is 21.3 Å². The highest BCUT2D eigenvalue weighted by Crippen LogP contribution is 2.36. The first kappa shape index (κ1) is 32.4. The van der Waals surface area contributed by atoms with Crippen LogP contribution in [0.1, 0.15) is 24.1 Å². The first-order valence-corrected chi connectivity index (χ1v) is 17.0. The molecule has 2 N–H and O–H groups in total. The molecule has 46 heavy (non-hydrogen) atoms. The molecule has 6 rings (SSSR count). The number of aliphatic hydroxyl groups is 2. The van der Waals surface area contributed by atoms with Crippen molar-refractivity contribution < 1.29 is 19.7 Å². The van der Waals surface area contributed by atoms with E-state index in [0.717, 1.165) is 49.4 Å². The maximum atomic E-state index is 12.6. The maximum absolute atomic E-state index is 12.6. The van der Waals surface area contributed by atoms with Crippen LogP contribution in [0.25, 0.3) is 15.6 Å². The third kappa shape index (κ3) is 6.78. The second-order valence-corrected chi connectivity index (χ2v) is 13.3. The van der Waals surface area contributed by atoms with E-state index >= 15 is 0 Å². The summed E-state index contributed by atoms with van der Waals surface area (Å²) in [5.74, 6) is 0.654. The van der Waals surface area contributed by atoms with Crippen molar-refractivity contribution in [2.75, 3.05) is 68.8 Å². The van der Waals surface area contributed by atoms with Crippen molar-refractivity contribution in [2.24, 2.45) is 0 Å². The maximum Gasteiger partial charge on any atom is 0.318 e. The van der Waals surface area contributed by atoms with Crippen molar-refractivity contribution in [3.8, 4) is 6.01 Å². The highest BCUT2D eigenvalue weighted by molar-refractivity contribution is 14.1. The zero-order valence-electron chi connectivity index (χ0n) is 25.9. The Bertz CT molecular complexity index is 1630. The van der Waals surface area contributed by atoms with Crippen LogP contribution in [-0.2, 0) is 17.8 Å². The predicted molar refractivity (Wildman–Crippen MR) is 186 cm³/mol. The molecule has 3 atom stereocenters. The van der Waals surface area contributed by atoms with E-state index in [-0.39, 0.29) is 31.1 Å². The van der Waals surface area contributed by atoms with Crippen molar-refractivity contribution >= 4 is 50.8 Å². The number of nitrogens with zero attached hydrogens (tertiary/aromatic N) is 7. The first-order chi connectivity index (χ1) is 22.4. The van der Waals surface area contributed by atoms with Crippen molar-refractivity contribution in [3.05, 3.63) is 75.3 Å². The Hall–Kier alpha value is -3.51. The van der Waals surface area contributed by atoms with Gasteiger partial charge in [0.05, 0.1) is 24.9 Å². The van der Waals surface area contributed by atoms with Crippen LogP contribution in [0.2, 0.25) is 0 Å².